The number of hydrogen-bond donors (Lipinski definition) is 2. The average Bonchev–Trinajstić information content (AvgIpc) is 2.12. The standard InChI is InChI=1S/C10H18O2/c1-5-7(3)9(11)10(12)8(4)6-2/h5-12H,1-2H2,3-4H3/t7-,8-,9-,10-/m0/s1. The zero-order valence-electron chi connectivity index (χ0n) is 7.77. The Morgan fingerprint density at radius 1 is 0.917 bits per heavy atom. The van der Waals surface area contributed by atoms with E-state index in [1.807, 2.05) is 13.8 Å². The smallest absolute Gasteiger partial charge is 0.0864 e. The van der Waals surface area contributed by atoms with E-state index in [1.54, 1.807) is 12.2 Å². The van der Waals surface area contributed by atoms with E-state index in [-0.39, 0.29) is 11.8 Å². The van der Waals surface area contributed by atoms with Crippen molar-refractivity contribution in [1.29, 1.82) is 0 Å². The van der Waals surface area contributed by atoms with E-state index >= 15 is 0 Å². The zero-order chi connectivity index (χ0) is 9.72. The normalized spacial score (nSPS) is 20.7. The molecule has 2 N–H and O–H groups in total. The molecule has 0 spiro atoms. The molecule has 0 aromatic carbocycles. The molecular formula is C10H18O2. The molecule has 0 fully saturated rings. The van der Waals surface area contributed by atoms with Crippen molar-refractivity contribution in [2.75, 3.05) is 0 Å². The maximum atomic E-state index is 9.52. The lowest BCUT2D eigenvalue weighted by atomic mass is 9.92. The van der Waals surface area contributed by atoms with Crippen molar-refractivity contribution >= 4 is 0 Å². The van der Waals surface area contributed by atoms with Gasteiger partial charge in [-0.2, -0.15) is 0 Å². The van der Waals surface area contributed by atoms with Crippen LogP contribution >= 0.6 is 0 Å². The Bertz CT molecular complexity index is 136. The van der Waals surface area contributed by atoms with Crippen molar-refractivity contribution in [2.24, 2.45) is 11.8 Å². The molecule has 0 radical (unpaired) electrons. The first kappa shape index (κ1) is 11.4. The second-order valence-electron chi connectivity index (χ2n) is 3.17. The van der Waals surface area contributed by atoms with Gasteiger partial charge in [0.2, 0.25) is 0 Å². The predicted octanol–water partition coefficient (Wildman–Crippen LogP) is 1.35. The highest BCUT2D eigenvalue weighted by atomic mass is 16.3. The van der Waals surface area contributed by atoms with E-state index in [4.69, 9.17) is 0 Å². The van der Waals surface area contributed by atoms with Gasteiger partial charge in [0.25, 0.3) is 0 Å². The molecule has 0 saturated heterocycles. The highest BCUT2D eigenvalue weighted by molar-refractivity contribution is 4.91. The van der Waals surface area contributed by atoms with Crippen LogP contribution in [0.4, 0.5) is 0 Å². The van der Waals surface area contributed by atoms with Crippen LogP contribution in [0.5, 0.6) is 0 Å². The molecule has 0 aliphatic carbocycles. The Morgan fingerprint density at radius 2 is 1.17 bits per heavy atom. The van der Waals surface area contributed by atoms with Gasteiger partial charge < -0.3 is 10.2 Å². The van der Waals surface area contributed by atoms with Crippen molar-refractivity contribution < 1.29 is 10.2 Å². The second-order valence-corrected chi connectivity index (χ2v) is 3.17. The van der Waals surface area contributed by atoms with Gasteiger partial charge in [0.05, 0.1) is 12.2 Å². The molecular weight excluding hydrogens is 152 g/mol. The lowest BCUT2D eigenvalue weighted by Gasteiger charge is -2.24. The number of rotatable bonds is 5. The summed E-state index contributed by atoms with van der Waals surface area (Å²) in [5, 5.41) is 19.0. The van der Waals surface area contributed by atoms with Gasteiger partial charge in [0.15, 0.2) is 0 Å². The minimum absolute atomic E-state index is 0.0950. The van der Waals surface area contributed by atoms with E-state index in [0.29, 0.717) is 0 Å². The minimum atomic E-state index is -0.754. The number of aliphatic hydroxyl groups excluding tert-OH is 2. The summed E-state index contributed by atoms with van der Waals surface area (Å²) < 4.78 is 0. The Hall–Kier alpha value is -0.600. The summed E-state index contributed by atoms with van der Waals surface area (Å²) in [5.74, 6) is -0.190. The quantitative estimate of drug-likeness (QED) is 0.611. The average molecular weight is 170 g/mol. The third kappa shape index (κ3) is 2.80. The van der Waals surface area contributed by atoms with Gasteiger partial charge in [0, 0.05) is 11.8 Å². The number of hydrogen-bond acceptors (Lipinski definition) is 2. The van der Waals surface area contributed by atoms with E-state index in [9.17, 15) is 10.2 Å². The van der Waals surface area contributed by atoms with Crippen molar-refractivity contribution in [2.45, 2.75) is 26.1 Å². The van der Waals surface area contributed by atoms with E-state index in [0.717, 1.165) is 0 Å². The fraction of sp³-hybridized carbons (Fsp3) is 0.600. The van der Waals surface area contributed by atoms with E-state index in [1.165, 1.54) is 0 Å². The van der Waals surface area contributed by atoms with Crippen LogP contribution in [0, 0.1) is 11.8 Å². The molecule has 0 aliphatic rings. The summed E-state index contributed by atoms with van der Waals surface area (Å²) >= 11 is 0. The molecule has 0 aromatic heterocycles. The third-order valence-electron chi connectivity index (χ3n) is 2.17. The molecule has 0 bridgehead atoms. The molecule has 0 saturated carbocycles. The summed E-state index contributed by atoms with van der Waals surface area (Å²) in [7, 11) is 0. The summed E-state index contributed by atoms with van der Waals surface area (Å²) in [6.45, 7) is 10.7. The maximum absolute atomic E-state index is 9.52. The molecule has 0 unspecified atom stereocenters. The van der Waals surface area contributed by atoms with Crippen LogP contribution in [0.15, 0.2) is 25.3 Å². The Kier molecular flexibility index (Phi) is 4.86. The van der Waals surface area contributed by atoms with Crippen molar-refractivity contribution in [3.8, 4) is 0 Å². The van der Waals surface area contributed by atoms with Crippen LogP contribution in [-0.4, -0.2) is 22.4 Å². The van der Waals surface area contributed by atoms with Crippen molar-refractivity contribution in [3.63, 3.8) is 0 Å². The maximum Gasteiger partial charge on any atom is 0.0864 e. The Morgan fingerprint density at radius 3 is 1.33 bits per heavy atom. The van der Waals surface area contributed by atoms with Crippen LogP contribution in [0.2, 0.25) is 0 Å². The third-order valence-corrected chi connectivity index (χ3v) is 2.17. The highest BCUT2D eigenvalue weighted by Crippen LogP contribution is 2.15. The molecule has 0 rings (SSSR count). The summed E-state index contributed by atoms with van der Waals surface area (Å²) in [4.78, 5) is 0. The summed E-state index contributed by atoms with van der Waals surface area (Å²) in [5.41, 5.74) is 0. The highest BCUT2D eigenvalue weighted by Gasteiger charge is 2.23. The molecule has 70 valence electrons. The molecule has 0 aromatic rings. The van der Waals surface area contributed by atoms with Crippen LogP contribution in [0.25, 0.3) is 0 Å². The van der Waals surface area contributed by atoms with Gasteiger partial charge in [-0.1, -0.05) is 26.0 Å². The van der Waals surface area contributed by atoms with E-state index < -0.39 is 12.2 Å². The Balaban J connectivity index is 4.16. The van der Waals surface area contributed by atoms with Gasteiger partial charge in [-0.3, -0.25) is 0 Å². The van der Waals surface area contributed by atoms with Crippen LogP contribution < -0.4 is 0 Å². The monoisotopic (exact) mass is 170 g/mol. The summed E-state index contributed by atoms with van der Waals surface area (Å²) in [6, 6.07) is 0. The zero-order valence-corrected chi connectivity index (χ0v) is 7.77. The molecule has 4 atom stereocenters. The van der Waals surface area contributed by atoms with Crippen molar-refractivity contribution in [1.82, 2.24) is 0 Å². The topological polar surface area (TPSA) is 40.5 Å². The second kappa shape index (κ2) is 5.12. The SMILES string of the molecule is C=C[C@H](C)[C@H](O)[C@@H](O)[C@@H](C)C=C. The Labute approximate surface area is 74.2 Å². The minimum Gasteiger partial charge on any atom is -0.390 e. The van der Waals surface area contributed by atoms with Gasteiger partial charge >= 0.3 is 0 Å². The first-order valence-corrected chi connectivity index (χ1v) is 4.15. The van der Waals surface area contributed by atoms with E-state index in [2.05, 4.69) is 13.2 Å². The molecule has 0 aliphatic heterocycles. The summed E-state index contributed by atoms with van der Waals surface area (Å²) in [6.07, 6.45) is 1.75. The van der Waals surface area contributed by atoms with Crippen LogP contribution in [0.1, 0.15) is 13.8 Å². The van der Waals surface area contributed by atoms with Crippen LogP contribution in [-0.2, 0) is 0 Å². The molecule has 2 heteroatoms. The van der Waals surface area contributed by atoms with Gasteiger partial charge in [-0.05, 0) is 0 Å². The molecule has 2 nitrogen and oxygen atoms in total. The lowest BCUT2D eigenvalue weighted by molar-refractivity contribution is -0.0198. The van der Waals surface area contributed by atoms with Gasteiger partial charge in [-0.25, -0.2) is 0 Å². The van der Waals surface area contributed by atoms with Crippen molar-refractivity contribution in [3.05, 3.63) is 25.3 Å². The first-order valence-electron chi connectivity index (χ1n) is 4.15. The van der Waals surface area contributed by atoms with Crippen LogP contribution in [0.3, 0.4) is 0 Å². The predicted molar refractivity (Wildman–Crippen MR) is 50.7 cm³/mol. The van der Waals surface area contributed by atoms with Gasteiger partial charge in [-0.15, -0.1) is 13.2 Å². The first-order chi connectivity index (χ1) is 5.54. The lowest BCUT2D eigenvalue weighted by Crippen LogP contribution is -2.35. The van der Waals surface area contributed by atoms with Gasteiger partial charge in [0.1, 0.15) is 0 Å². The fourth-order valence-electron chi connectivity index (χ4n) is 0.901. The molecule has 0 amide bonds. The molecule has 12 heavy (non-hydrogen) atoms. The number of aliphatic hydroxyl groups is 2. The largest absolute Gasteiger partial charge is 0.390 e. The molecule has 0 heterocycles. The fourth-order valence-corrected chi connectivity index (χ4v) is 0.901.